The lowest BCUT2D eigenvalue weighted by atomic mass is 10.4. The molecule has 0 saturated heterocycles. The first-order valence-electron chi connectivity index (χ1n) is 3.20. The maximum atomic E-state index is 10.5. The maximum Gasteiger partial charge on any atom is 0.371 e. The van der Waals surface area contributed by atoms with Gasteiger partial charge in [-0.1, -0.05) is 0 Å². The maximum absolute atomic E-state index is 10.5. The minimum atomic E-state index is -1.16. The lowest BCUT2D eigenvalue weighted by Gasteiger charge is -1.93. The predicted octanol–water partition coefficient (Wildman–Crippen LogP) is 0.936. The second kappa shape index (κ2) is 3.08. The number of carboxylic acid groups (broad SMARTS) is 1. The highest BCUT2D eigenvalue weighted by atomic mass is 16.4. The van der Waals surface area contributed by atoms with Crippen LogP contribution in [-0.4, -0.2) is 17.0 Å². The molecule has 1 amide bonds. The number of amides is 1. The molecule has 0 radical (unpaired) electrons. The van der Waals surface area contributed by atoms with Crippen molar-refractivity contribution in [2.24, 2.45) is 0 Å². The molecule has 0 unspecified atom stereocenters. The van der Waals surface area contributed by atoms with Crippen LogP contribution in [0.4, 0.5) is 5.88 Å². The van der Waals surface area contributed by atoms with Crippen LogP contribution < -0.4 is 5.32 Å². The Labute approximate surface area is 68.0 Å². The Morgan fingerprint density at radius 2 is 2.17 bits per heavy atom. The van der Waals surface area contributed by atoms with Crippen LogP contribution in [0.3, 0.4) is 0 Å². The highest BCUT2D eigenvalue weighted by Crippen LogP contribution is 2.12. The highest BCUT2D eigenvalue weighted by Gasteiger charge is 2.08. The summed E-state index contributed by atoms with van der Waals surface area (Å²) in [6, 6.07) is 2.65. The number of hydrogen-bond acceptors (Lipinski definition) is 3. The molecular formula is C7H7NO4. The zero-order valence-electron chi connectivity index (χ0n) is 6.33. The van der Waals surface area contributed by atoms with Crippen molar-refractivity contribution in [3.05, 3.63) is 17.9 Å². The van der Waals surface area contributed by atoms with Crippen molar-refractivity contribution in [3.8, 4) is 0 Å². The summed E-state index contributed by atoms with van der Waals surface area (Å²) in [7, 11) is 0. The van der Waals surface area contributed by atoms with E-state index in [0.29, 0.717) is 0 Å². The van der Waals surface area contributed by atoms with Crippen LogP contribution in [0.15, 0.2) is 16.5 Å². The van der Waals surface area contributed by atoms with E-state index >= 15 is 0 Å². The predicted molar refractivity (Wildman–Crippen MR) is 40.0 cm³/mol. The Kier molecular flexibility index (Phi) is 2.14. The average Bonchev–Trinajstić information content (AvgIpc) is 2.34. The lowest BCUT2D eigenvalue weighted by molar-refractivity contribution is -0.114. The van der Waals surface area contributed by atoms with Gasteiger partial charge in [0.1, 0.15) is 0 Å². The van der Waals surface area contributed by atoms with Gasteiger partial charge in [0.2, 0.25) is 17.6 Å². The molecule has 1 rings (SSSR count). The Hall–Kier alpha value is -1.78. The van der Waals surface area contributed by atoms with E-state index in [4.69, 9.17) is 9.52 Å². The number of carboxylic acids is 1. The molecule has 5 nitrogen and oxygen atoms in total. The molecule has 2 N–H and O–H groups in total. The third-order valence-corrected chi connectivity index (χ3v) is 1.12. The highest BCUT2D eigenvalue weighted by molar-refractivity contribution is 5.89. The third-order valence-electron chi connectivity index (χ3n) is 1.12. The van der Waals surface area contributed by atoms with Crippen LogP contribution in [-0.2, 0) is 4.79 Å². The molecule has 0 fully saturated rings. The summed E-state index contributed by atoms with van der Waals surface area (Å²) in [6.07, 6.45) is 0. The van der Waals surface area contributed by atoms with Crippen LogP contribution in [0.1, 0.15) is 17.5 Å². The van der Waals surface area contributed by atoms with E-state index < -0.39 is 5.97 Å². The number of carbonyl (C=O) groups is 2. The van der Waals surface area contributed by atoms with E-state index in [0.717, 1.165) is 0 Å². The Bertz CT molecular complexity index is 315. The van der Waals surface area contributed by atoms with Crippen molar-refractivity contribution >= 4 is 17.8 Å². The molecule has 0 aliphatic carbocycles. The van der Waals surface area contributed by atoms with Crippen molar-refractivity contribution in [1.82, 2.24) is 0 Å². The van der Waals surface area contributed by atoms with Gasteiger partial charge in [0, 0.05) is 13.0 Å². The Morgan fingerprint density at radius 1 is 1.50 bits per heavy atom. The van der Waals surface area contributed by atoms with Crippen molar-refractivity contribution in [1.29, 1.82) is 0 Å². The molecule has 12 heavy (non-hydrogen) atoms. The molecule has 0 atom stereocenters. The fourth-order valence-electron chi connectivity index (χ4n) is 0.693. The molecule has 5 heteroatoms. The summed E-state index contributed by atoms with van der Waals surface area (Å²) < 4.78 is 4.72. The smallest absolute Gasteiger partial charge is 0.371 e. The van der Waals surface area contributed by atoms with Gasteiger partial charge in [-0.2, -0.15) is 0 Å². The van der Waals surface area contributed by atoms with Crippen molar-refractivity contribution < 1.29 is 19.1 Å². The van der Waals surface area contributed by atoms with E-state index in [9.17, 15) is 9.59 Å². The summed E-state index contributed by atoms with van der Waals surface area (Å²) >= 11 is 0. The third kappa shape index (κ3) is 1.85. The zero-order valence-corrected chi connectivity index (χ0v) is 6.33. The summed E-state index contributed by atoms with van der Waals surface area (Å²) in [5.74, 6) is -1.52. The number of carbonyl (C=O) groups excluding carboxylic acids is 1. The van der Waals surface area contributed by atoms with E-state index in [1.165, 1.54) is 19.1 Å². The van der Waals surface area contributed by atoms with Crippen LogP contribution >= 0.6 is 0 Å². The molecule has 64 valence electrons. The lowest BCUT2D eigenvalue weighted by Crippen LogP contribution is -2.04. The van der Waals surface area contributed by atoms with Gasteiger partial charge < -0.3 is 9.52 Å². The molecular weight excluding hydrogens is 162 g/mol. The Morgan fingerprint density at radius 3 is 2.58 bits per heavy atom. The van der Waals surface area contributed by atoms with Gasteiger partial charge in [-0.3, -0.25) is 10.1 Å². The summed E-state index contributed by atoms with van der Waals surface area (Å²) in [5, 5.41) is 10.7. The first kappa shape index (κ1) is 8.32. The zero-order chi connectivity index (χ0) is 9.14. The molecule has 1 heterocycles. The van der Waals surface area contributed by atoms with Crippen LogP contribution in [0.25, 0.3) is 0 Å². The van der Waals surface area contributed by atoms with Gasteiger partial charge in [-0.15, -0.1) is 0 Å². The second-order valence-electron chi connectivity index (χ2n) is 2.15. The topological polar surface area (TPSA) is 79.5 Å². The summed E-state index contributed by atoms with van der Waals surface area (Å²) in [4.78, 5) is 20.8. The van der Waals surface area contributed by atoms with E-state index in [1.54, 1.807) is 0 Å². The van der Waals surface area contributed by atoms with Crippen molar-refractivity contribution in [3.63, 3.8) is 0 Å². The minimum absolute atomic E-state index is 0.139. The number of nitrogens with one attached hydrogen (secondary N) is 1. The molecule has 1 aromatic rings. The SMILES string of the molecule is CC(=O)Nc1ccc(C(=O)O)o1. The van der Waals surface area contributed by atoms with Gasteiger partial charge in [0.15, 0.2) is 0 Å². The molecule has 0 bridgehead atoms. The van der Waals surface area contributed by atoms with Gasteiger partial charge >= 0.3 is 5.97 Å². The standard InChI is InChI=1S/C7H7NO4/c1-4(9)8-6-3-2-5(12-6)7(10)11/h2-3H,1H3,(H,8,9)(H,10,11). The molecule has 0 aliphatic rings. The van der Waals surface area contributed by atoms with E-state index in [1.807, 2.05) is 0 Å². The Balaban J connectivity index is 2.77. The summed E-state index contributed by atoms with van der Waals surface area (Å²) in [5.41, 5.74) is 0. The number of hydrogen-bond donors (Lipinski definition) is 2. The molecule has 0 aliphatic heterocycles. The van der Waals surface area contributed by atoms with Crippen molar-refractivity contribution in [2.45, 2.75) is 6.92 Å². The monoisotopic (exact) mass is 169 g/mol. The largest absolute Gasteiger partial charge is 0.475 e. The second-order valence-corrected chi connectivity index (χ2v) is 2.15. The van der Waals surface area contributed by atoms with Gasteiger partial charge in [0.25, 0.3) is 0 Å². The first-order valence-corrected chi connectivity index (χ1v) is 3.20. The number of rotatable bonds is 2. The molecule has 0 spiro atoms. The van der Waals surface area contributed by atoms with Gasteiger partial charge in [-0.05, 0) is 6.07 Å². The molecule has 1 aromatic heterocycles. The fourth-order valence-corrected chi connectivity index (χ4v) is 0.693. The van der Waals surface area contributed by atoms with E-state index in [2.05, 4.69) is 5.32 Å². The average molecular weight is 169 g/mol. The first-order chi connectivity index (χ1) is 5.59. The quantitative estimate of drug-likeness (QED) is 0.690. The fraction of sp³-hybridized carbons (Fsp3) is 0.143. The van der Waals surface area contributed by atoms with Crippen LogP contribution in [0.2, 0.25) is 0 Å². The van der Waals surface area contributed by atoms with Crippen LogP contribution in [0, 0.1) is 0 Å². The minimum Gasteiger partial charge on any atom is -0.475 e. The van der Waals surface area contributed by atoms with Crippen molar-refractivity contribution in [2.75, 3.05) is 5.32 Å². The normalized spacial score (nSPS) is 9.42. The molecule has 0 saturated carbocycles. The number of anilines is 1. The van der Waals surface area contributed by atoms with Gasteiger partial charge in [0.05, 0.1) is 0 Å². The number of aromatic carboxylic acids is 1. The number of furan rings is 1. The van der Waals surface area contributed by atoms with E-state index in [-0.39, 0.29) is 17.6 Å². The summed E-state index contributed by atoms with van der Waals surface area (Å²) in [6.45, 7) is 1.31. The van der Waals surface area contributed by atoms with Gasteiger partial charge in [-0.25, -0.2) is 4.79 Å². The van der Waals surface area contributed by atoms with Crippen LogP contribution in [0.5, 0.6) is 0 Å². The molecule has 0 aromatic carbocycles.